The highest BCUT2D eigenvalue weighted by molar-refractivity contribution is 5.82. The standard InChI is InChI=1S/C14H21N3O/c1-11-10-16-14(18)13(9-15)17(11)8-7-12-5-3-2-4-6-12/h2-6,11,13H,7-10,15H2,1H3,(H,16,18). The number of nitrogens with zero attached hydrogens (tertiary/aromatic N) is 1. The number of benzene rings is 1. The normalized spacial score (nSPS) is 24.9. The lowest BCUT2D eigenvalue weighted by Gasteiger charge is -2.39. The van der Waals surface area contributed by atoms with Crippen molar-refractivity contribution in [3.63, 3.8) is 0 Å². The van der Waals surface area contributed by atoms with Crippen LogP contribution in [0, 0.1) is 0 Å². The van der Waals surface area contributed by atoms with Gasteiger partial charge in [-0.05, 0) is 18.9 Å². The number of rotatable bonds is 4. The van der Waals surface area contributed by atoms with Crippen molar-refractivity contribution >= 4 is 5.91 Å². The maximum atomic E-state index is 11.8. The average Bonchev–Trinajstić information content (AvgIpc) is 2.41. The van der Waals surface area contributed by atoms with E-state index in [0.29, 0.717) is 19.1 Å². The van der Waals surface area contributed by atoms with E-state index in [1.807, 2.05) is 18.2 Å². The van der Waals surface area contributed by atoms with Crippen molar-refractivity contribution in [2.24, 2.45) is 5.73 Å². The first kappa shape index (κ1) is 13.1. The summed E-state index contributed by atoms with van der Waals surface area (Å²) in [5.41, 5.74) is 7.01. The molecule has 1 aromatic rings. The lowest BCUT2D eigenvalue weighted by molar-refractivity contribution is -0.130. The van der Waals surface area contributed by atoms with Gasteiger partial charge in [0.05, 0.1) is 0 Å². The summed E-state index contributed by atoms with van der Waals surface area (Å²) in [6, 6.07) is 10.5. The molecule has 18 heavy (non-hydrogen) atoms. The minimum atomic E-state index is -0.183. The minimum Gasteiger partial charge on any atom is -0.353 e. The SMILES string of the molecule is CC1CNC(=O)C(CN)N1CCc1ccccc1. The van der Waals surface area contributed by atoms with Crippen molar-refractivity contribution < 1.29 is 4.79 Å². The summed E-state index contributed by atoms with van der Waals surface area (Å²) in [6.07, 6.45) is 0.953. The van der Waals surface area contributed by atoms with Crippen molar-refractivity contribution in [3.05, 3.63) is 35.9 Å². The molecule has 3 N–H and O–H groups in total. The van der Waals surface area contributed by atoms with Gasteiger partial charge < -0.3 is 11.1 Å². The maximum absolute atomic E-state index is 11.8. The number of hydrogen-bond acceptors (Lipinski definition) is 3. The largest absolute Gasteiger partial charge is 0.353 e. The van der Waals surface area contributed by atoms with Gasteiger partial charge in [-0.1, -0.05) is 30.3 Å². The molecule has 2 atom stereocenters. The van der Waals surface area contributed by atoms with Crippen LogP contribution in [-0.4, -0.2) is 42.5 Å². The quantitative estimate of drug-likeness (QED) is 0.808. The average molecular weight is 247 g/mol. The third-order valence-corrected chi connectivity index (χ3v) is 3.57. The van der Waals surface area contributed by atoms with Crippen LogP contribution in [0.2, 0.25) is 0 Å². The molecule has 1 aromatic carbocycles. The number of nitrogens with one attached hydrogen (secondary N) is 1. The van der Waals surface area contributed by atoms with E-state index in [-0.39, 0.29) is 11.9 Å². The van der Waals surface area contributed by atoms with Crippen molar-refractivity contribution in [2.45, 2.75) is 25.4 Å². The second kappa shape index (κ2) is 5.98. The van der Waals surface area contributed by atoms with E-state index in [9.17, 15) is 4.79 Å². The van der Waals surface area contributed by atoms with E-state index in [1.54, 1.807) is 0 Å². The van der Waals surface area contributed by atoms with E-state index in [4.69, 9.17) is 5.73 Å². The molecule has 1 fully saturated rings. The van der Waals surface area contributed by atoms with Crippen LogP contribution >= 0.6 is 0 Å². The Kier molecular flexibility index (Phi) is 4.33. The number of carbonyl (C=O) groups is 1. The van der Waals surface area contributed by atoms with Crippen LogP contribution in [0.25, 0.3) is 0 Å². The molecule has 1 aliphatic heterocycles. The van der Waals surface area contributed by atoms with Crippen LogP contribution in [-0.2, 0) is 11.2 Å². The smallest absolute Gasteiger partial charge is 0.238 e. The number of piperazine rings is 1. The van der Waals surface area contributed by atoms with E-state index in [1.165, 1.54) is 5.56 Å². The highest BCUT2D eigenvalue weighted by Gasteiger charge is 2.32. The highest BCUT2D eigenvalue weighted by Crippen LogP contribution is 2.12. The highest BCUT2D eigenvalue weighted by atomic mass is 16.2. The third-order valence-electron chi connectivity index (χ3n) is 3.57. The molecule has 98 valence electrons. The number of hydrogen-bond donors (Lipinski definition) is 2. The van der Waals surface area contributed by atoms with Crippen LogP contribution in [0.5, 0.6) is 0 Å². The van der Waals surface area contributed by atoms with E-state index >= 15 is 0 Å². The topological polar surface area (TPSA) is 58.4 Å². The molecule has 1 amide bonds. The zero-order chi connectivity index (χ0) is 13.0. The Balaban J connectivity index is 1.99. The summed E-state index contributed by atoms with van der Waals surface area (Å²) in [4.78, 5) is 14.0. The Bertz CT molecular complexity index is 393. The van der Waals surface area contributed by atoms with Gasteiger partial charge in [0.1, 0.15) is 6.04 Å². The number of amides is 1. The fourth-order valence-corrected chi connectivity index (χ4v) is 2.46. The minimum absolute atomic E-state index is 0.0589. The van der Waals surface area contributed by atoms with Crippen LogP contribution < -0.4 is 11.1 Å². The zero-order valence-corrected chi connectivity index (χ0v) is 10.8. The summed E-state index contributed by atoms with van der Waals surface area (Å²) in [7, 11) is 0. The number of nitrogens with two attached hydrogens (primary N) is 1. The van der Waals surface area contributed by atoms with Gasteiger partial charge in [-0.3, -0.25) is 9.69 Å². The summed E-state index contributed by atoms with van der Waals surface area (Å²) in [5, 5.41) is 2.90. The van der Waals surface area contributed by atoms with Gasteiger partial charge in [-0.25, -0.2) is 0 Å². The Morgan fingerprint density at radius 2 is 2.11 bits per heavy atom. The molecule has 0 radical (unpaired) electrons. The Morgan fingerprint density at radius 3 is 2.78 bits per heavy atom. The zero-order valence-electron chi connectivity index (χ0n) is 10.8. The van der Waals surface area contributed by atoms with Gasteiger partial charge >= 0.3 is 0 Å². The molecular weight excluding hydrogens is 226 g/mol. The molecule has 2 rings (SSSR count). The monoisotopic (exact) mass is 247 g/mol. The molecular formula is C14H21N3O. The van der Waals surface area contributed by atoms with Crippen molar-refractivity contribution in [2.75, 3.05) is 19.6 Å². The Labute approximate surface area is 108 Å². The Morgan fingerprint density at radius 1 is 1.39 bits per heavy atom. The molecule has 0 bridgehead atoms. The lowest BCUT2D eigenvalue weighted by atomic mass is 10.1. The summed E-state index contributed by atoms with van der Waals surface area (Å²) < 4.78 is 0. The molecule has 0 spiro atoms. The first-order chi connectivity index (χ1) is 8.72. The molecule has 0 aromatic heterocycles. The van der Waals surface area contributed by atoms with Gasteiger partial charge in [-0.2, -0.15) is 0 Å². The van der Waals surface area contributed by atoms with E-state index in [0.717, 1.165) is 13.0 Å². The summed E-state index contributed by atoms with van der Waals surface area (Å²) in [5.74, 6) is 0.0589. The van der Waals surface area contributed by atoms with Crippen LogP contribution in [0.1, 0.15) is 12.5 Å². The van der Waals surface area contributed by atoms with Gasteiger partial charge in [-0.15, -0.1) is 0 Å². The molecule has 4 nitrogen and oxygen atoms in total. The Hall–Kier alpha value is -1.39. The number of carbonyl (C=O) groups excluding carboxylic acids is 1. The van der Waals surface area contributed by atoms with E-state index in [2.05, 4.69) is 29.3 Å². The molecule has 1 aliphatic rings. The third kappa shape index (κ3) is 2.89. The maximum Gasteiger partial charge on any atom is 0.238 e. The summed E-state index contributed by atoms with van der Waals surface area (Å²) >= 11 is 0. The molecule has 1 saturated heterocycles. The fraction of sp³-hybridized carbons (Fsp3) is 0.500. The predicted octanol–water partition coefficient (Wildman–Crippen LogP) is 0.377. The van der Waals surface area contributed by atoms with E-state index < -0.39 is 0 Å². The molecule has 4 heteroatoms. The summed E-state index contributed by atoms with van der Waals surface area (Å²) in [6.45, 7) is 4.10. The van der Waals surface area contributed by atoms with Gasteiger partial charge in [0.25, 0.3) is 0 Å². The first-order valence-electron chi connectivity index (χ1n) is 6.50. The molecule has 0 saturated carbocycles. The molecule has 1 heterocycles. The lowest BCUT2D eigenvalue weighted by Crippen LogP contribution is -2.62. The van der Waals surface area contributed by atoms with Crippen molar-refractivity contribution in [1.29, 1.82) is 0 Å². The molecule has 0 aliphatic carbocycles. The van der Waals surface area contributed by atoms with Crippen LogP contribution in [0.15, 0.2) is 30.3 Å². The molecule has 2 unspecified atom stereocenters. The van der Waals surface area contributed by atoms with Gasteiger partial charge in [0.2, 0.25) is 5.91 Å². The fourth-order valence-electron chi connectivity index (χ4n) is 2.46. The van der Waals surface area contributed by atoms with Crippen molar-refractivity contribution in [1.82, 2.24) is 10.2 Å². The second-order valence-corrected chi connectivity index (χ2v) is 4.82. The van der Waals surface area contributed by atoms with Gasteiger partial charge in [0, 0.05) is 25.7 Å². The van der Waals surface area contributed by atoms with Crippen LogP contribution in [0.4, 0.5) is 0 Å². The van der Waals surface area contributed by atoms with Gasteiger partial charge in [0.15, 0.2) is 0 Å². The van der Waals surface area contributed by atoms with Crippen LogP contribution in [0.3, 0.4) is 0 Å². The first-order valence-corrected chi connectivity index (χ1v) is 6.50. The predicted molar refractivity (Wildman–Crippen MR) is 72.2 cm³/mol. The van der Waals surface area contributed by atoms with Crippen molar-refractivity contribution in [3.8, 4) is 0 Å². The second-order valence-electron chi connectivity index (χ2n) is 4.82.